The zero-order valence-electron chi connectivity index (χ0n) is 9.54. The summed E-state index contributed by atoms with van der Waals surface area (Å²) in [5.41, 5.74) is 2.95. The van der Waals surface area contributed by atoms with Gasteiger partial charge in [0.2, 0.25) is 0 Å². The Balaban J connectivity index is 2.79. The molecule has 0 fully saturated rings. The molecule has 1 heteroatoms. The van der Waals surface area contributed by atoms with Gasteiger partial charge in [-0.05, 0) is 16.5 Å². The molecule has 0 aliphatic rings. The lowest BCUT2D eigenvalue weighted by molar-refractivity contribution is 0.590. The van der Waals surface area contributed by atoms with Gasteiger partial charge in [0, 0.05) is 19.7 Å². The summed E-state index contributed by atoms with van der Waals surface area (Å²) in [6, 6.07) is 8.78. The van der Waals surface area contributed by atoms with E-state index in [-0.39, 0.29) is 5.41 Å². The van der Waals surface area contributed by atoms with Gasteiger partial charge in [-0.25, -0.2) is 0 Å². The molecule has 0 spiro atoms. The molecule has 0 saturated heterocycles. The van der Waals surface area contributed by atoms with Gasteiger partial charge in [0.05, 0.1) is 0 Å². The number of hydrogen-bond acceptors (Lipinski definition) is 1. The van der Waals surface area contributed by atoms with Crippen molar-refractivity contribution in [1.82, 2.24) is 0 Å². The molecular formula is C13H19N. The summed E-state index contributed by atoms with van der Waals surface area (Å²) in [6.45, 7) is 6.69. The first-order chi connectivity index (χ1) is 6.54. The number of nitrogens with zero attached hydrogens (tertiary/aromatic N) is 1. The third kappa shape index (κ3) is 2.99. The predicted octanol–water partition coefficient (Wildman–Crippen LogP) is 3.23. The monoisotopic (exact) mass is 189 g/mol. The van der Waals surface area contributed by atoms with E-state index < -0.39 is 0 Å². The fourth-order valence-corrected chi connectivity index (χ4v) is 1.34. The molecular weight excluding hydrogens is 170 g/mol. The molecule has 0 N–H and O–H groups in total. The average molecular weight is 189 g/mol. The van der Waals surface area contributed by atoms with Crippen molar-refractivity contribution in [1.29, 1.82) is 0 Å². The first kappa shape index (κ1) is 11.0. The van der Waals surface area contributed by atoms with Crippen LogP contribution in [-0.2, 0) is 11.8 Å². The Bertz CT molecular complexity index is 301. The van der Waals surface area contributed by atoms with E-state index in [0.717, 1.165) is 6.42 Å². The Kier molecular flexibility index (Phi) is 3.45. The molecule has 76 valence electrons. The zero-order chi connectivity index (χ0) is 10.6. The first-order valence-corrected chi connectivity index (χ1v) is 5.04. The van der Waals surface area contributed by atoms with Crippen LogP contribution in [0.3, 0.4) is 0 Å². The number of rotatable bonds is 2. The Morgan fingerprint density at radius 2 is 1.71 bits per heavy atom. The van der Waals surface area contributed by atoms with Gasteiger partial charge in [-0.15, -0.1) is 0 Å². The molecule has 0 heterocycles. The van der Waals surface area contributed by atoms with Gasteiger partial charge in [-0.1, -0.05) is 45.0 Å². The van der Waals surface area contributed by atoms with Crippen molar-refractivity contribution in [2.24, 2.45) is 4.99 Å². The van der Waals surface area contributed by atoms with E-state index in [2.05, 4.69) is 50.0 Å². The van der Waals surface area contributed by atoms with Crippen molar-refractivity contribution in [3.63, 3.8) is 0 Å². The maximum absolute atomic E-state index is 3.98. The quantitative estimate of drug-likeness (QED) is 0.633. The van der Waals surface area contributed by atoms with Crippen LogP contribution in [0.4, 0.5) is 0 Å². The molecule has 0 aromatic heterocycles. The largest absolute Gasteiger partial charge is 0.301 e. The van der Waals surface area contributed by atoms with Crippen LogP contribution in [0, 0.1) is 0 Å². The molecule has 0 aliphatic carbocycles. The Hall–Kier alpha value is -1.11. The van der Waals surface area contributed by atoms with Crippen molar-refractivity contribution in [3.05, 3.63) is 35.4 Å². The SMILES string of the molecule is C/N=C/Cc1ccc(C(C)(C)C)cc1. The lowest BCUT2D eigenvalue weighted by Gasteiger charge is -2.18. The van der Waals surface area contributed by atoms with E-state index in [4.69, 9.17) is 0 Å². The van der Waals surface area contributed by atoms with Crippen LogP contribution in [-0.4, -0.2) is 13.3 Å². The van der Waals surface area contributed by atoms with Crippen LogP contribution in [0.5, 0.6) is 0 Å². The van der Waals surface area contributed by atoms with Gasteiger partial charge in [0.25, 0.3) is 0 Å². The third-order valence-corrected chi connectivity index (χ3v) is 2.33. The summed E-state index contributed by atoms with van der Waals surface area (Å²) in [5.74, 6) is 0. The highest BCUT2D eigenvalue weighted by Crippen LogP contribution is 2.22. The Labute approximate surface area is 86.9 Å². The molecule has 1 nitrogen and oxygen atoms in total. The summed E-state index contributed by atoms with van der Waals surface area (Å²) in [4.78, 5) is 3.98. The topological polar surface area (TPSA) is 12.4 Å². The van der Waals surface area contributed by atoms with Gasteiger partial charge in [0.1, 0.15) is 0 Å². The molecule has 14 heavy (non-hydrogen) atoms. The predicted molar refractivity (Wildman–Crippen MR) is 63.3 cm³/mol. The van der Waals surface area contributed by atoms with Gasteiger partial charge in [-0.2, -0.15) is 0 Å². The molecule has 0 aliphatic heterocycles. The summed E-state index contributed by atoms with van der Waals surface area (Å²) in [7, 11) is 1.81. The smallest absolute Gasteiger partial charge is 0.0273 e. The lowest BCUT2D eigenvalue weighted by atomic mass is 9.86. The van der Waals surface area contributed by atoms with Crippen molar-refractivity contribution in [3.8, 4) is 0 Å². The third-order valence-electron chi connectivity index (χ3n) is 2.33. The lowest BCUT2D eigenvalue weighted by Crippen LogP contribution is -2.10. The summed E-state index contributed by atoms with van der Waals surface area (Å²) < 4.78 is 0. The molecule has 0 saturated carbocycles. The minimum Gasteiger partial charge on any atom is -0.301 e. The van der Waals surface area contributed by atoms with E-state index in [1.165, 1.54) is 11.1 Å². The molecule has 1 rings (SSSR count). The van der Waals surface area contributed by atoms with Gasteiger partial charge in [0.15, 0.2) is 0 Å². The maximum atomic E-state index is 3.98. The van der Waals surface area contributed by atoms with E-state index in [9.17, 15) is 0 Å². The minimum absolute atomic E-state index is 0.247. The molecule has 0 amide bonds. The Morgan fingerprint density at radius 3 is 2.14 bits per heavy atom. The maximum Gasteiger partial charge on any atom is 0.0273 e. The van der Waals surface area contributed by atoms with Gasteiger partial charge in [-0.3, -0.25) is 0 Å². The second-order valence-electron chi connectivity index (χ2n) is 4.59. The van der Waals surface area contributed by atoms with Gasteiger partial charge >= 0.3 is 0 Å². The highest BCUT2D eigenvalue weighted by Gasteiger charge is 2.12. The molecule has 0 radical (unpaired) electrons. The van der Waals surface area contributed by atoms with Crippen LogP contribution < -0.4 is 0 Å². The van der Waals surface area contributed by atoms with Crippen molar-refractivity contribution in [2.75, 3.05) is 7.05 Å². The van der Waals surface area contributed by atoms with E-state index in [1.54, 1.807) is 0 Å². The van der Waals surface area contributed by atoms with Crippen LogP contribution >= 0.6 is 0 Å². The number of hydrogen-bond donors (Lipinski definition) is 0. The summed E-state index contributed by atoms with van der Waals surface area (Å²) in [5, 5.41) is 0. The number of aliphatic imine (C=N–C) groups is 1. The Morgan fingerprint density at radius 1 is 1.14 bits per heavy atom. The van der Waals surface area contributed by atoms with Crippen molar-refractivity contribution in [2.45, 2.75) is 32.6 Å². The van der Waals surface area contributed by atoms with Crippen LogP contribution in [0.1, 0.15) is 31.9 Å². The minimum atomic E-state index is 0.247. The fourth-order valence-electron chi connectivity index (χ4n) is 1.34. The van der Waals surface area contributed by atoms with Crippen molar-refractivity contribution >= 4 is 6.21 Å². The van der Waals surface area contributed by atoms with E-state index in [0.29, 0.717) is 0 Å². The highest BCUT2D eigenvalue weighted by molar-refractivity contribution is 5.61. The van der Waals surface area contributed by atoms with E-state index in [1.807, 2.05) is 13.3 Å². The highest BCUT2D eigenvalue weighted by atomic mass is 14.6. The van der Waals surface area contributed by atoms with Crippen molar-refractivity contribution < 1.29 is 0 Å². The van der Waals surface area contributed by atoms with Crippen LogP contribution in [0.15, 0.2) is 29.3 Å². The van der Waals surface area contributed by atoms with Gasteiger partial charge < -0.3 is 4.99 Å². The molecule has 1 aromatic rings. The number of benzene rings is 1. The second-order valence-corrected chi connectivity index (χ2v) is 4.59. The molecule has 0 unspecified atom stereocenters. The summed E-state index contributed by atoms with van der Waals surface area (Å²) in [6.07, 6.45) is 2.87. The zero-order valence-corrected chi connectivity index (χ0v) is 9.54. The second kappa shape index (κ2) is 4.41. The van der Waals surface area contributed by atoms with Crippen LogP contribution in [0.2, 0.25) is 0 Å². The average Bonchev–Trinajstić information content (AvgIpc) is 2.14. The summed E-state index contributed by atoms with van der Waals surface area (Å²) >= 11 is 0. The standard InChI is InChI=1S/C13H19N/c1-13(2,3)12-7-5-11(6-8-12)9-10-14-4/h5-8,10H,9H2,1-4H3/b14-10+. The van der Waals surface area contributed by atoms with E-state index >= 15 is 0 Å². The fraction of sp³-hybridized carbons (Fsp3) is 0.462. The molecule has 0 bridgehead atoms. The van der Waals surface area contributed by atoms with Crippen LogP contribution in [0.25, 0.3) is 0 Å². The molecule has 1 aromatic carbocycles. The first-order valence-electron chi connectivity index (χ1n) is 5.04. The molecule has 0 atom stereocenters. The normalized spacial score (nSPS) is 12.3.